The van der Waals surface area contributed by atoms with Crippen LogP contribution >= 0.6 is 0 Å². The number of hydrogen-bond acceptors (Lipinski definition) is 4. The molecule has 5 nitrogen and oxygen atoms in total. The van der Waals surface area contributed by atoms with E-state index in [1.165, 1.54) is 11.3 Å². The first-order chi connectivity index (χ1) is 12.7. The van der Waals surface area contributed by atoms with E-state index >= 15 is 0 Å². The number of hydrogen-bond donors (Lipinski definition) is 0. The number of fused-ring (bicyclic) bond motifs is 1. The fourth-order valence-electron chi connectivity index (χ4n) is 4.14. The number of carbonyl (C=O) groups excluding carboxylic acids is 1. The van der Waals surface area contributed by atoms with E-state index in [0.29, 0.717) is 18.2 Å². The molecular formula is C21H26N4O. The Morgan fingerprint density at radius 1 is 1.23 bits per heavy atom. The summed E-state index contributed by atoms with van der Waals surface area (Å²) in [6.07, 6.45) is 3.63. The molecule has 1 aromatic heterocycles. The van der Waals surface area contributed by atoms with Crippen molar-refractivity contribution in [3.05, 3.63) is 47.4 Å². The van der Waals surface area contributed by atoms with Crippen LogP contribution in [0.15, 0.2) is 30.3 Å². The van der Waals surface area contributed by atoms with Gasteiger partial charge >= 0.3 is 0 Å². The van der Waals surface area contributed by atoms with Crippen molar-refractivity contribution in [1.82, 2.24) is 14.9 Å². The molecular weight excluding hydrogens is 324 g/mol. The SMILES string of the molecule is CCc1cc(N2CC(CCN3CCCC3=O)c3ccccc32)nc(C)n1. The highest BCUT2D eigenvalue weighted by molar-refractivity contribution is 5.78. The first kappa shape index (κ1) is 17.0. The maximum absolute atomic E-state index is 11.9. The largest absolute Gasteiger partial charge is 0.343 e. The van der Waals surface area contributed by atoms with Crippen LogP contribution in [0.3, 0.4) is 0 Å². The highest BCUT2D eigenvalue weighted by Gasteiger charge is 2.31. The van der Waals surface area contributed by atoms with Gasteiger partial charge in [-0.25, -0.2) is 9.97 Å². The van der Waals surface area contributed by atoms with Crippen LogP contribution in [0.1, 0.15) is 49.2 Å². The van der Waals surface area contributed by atoms with Crippen LogP contribution in [0.5, 0.6) is 0 Å². The van der Waals surface area contributed by atoms with Crippen LogP contribution in [0.4, 0.5) is 11.5 Å². The molecule has 1 fully saturated rings. The van der Waals surface area contributed by atoms with Gasteiger partial charge in [-0.1, -0.05) is 25.1 Å². The van der Waals surface area contributed by atoms with Crippen molar-refractivity contribution in [2.45, 2.75) is 45.4 Å². The van der Waals surface area contributed by atoms with Crippen LogP contribution in [0.2, 0.25) is 0 Å². The molecule has 0 aliphatic carbocycles. The zero-order valence-electron chi connectivity index (χ0n) is 15.6. The highest BCUT2D eigenvalue weighted by Crippen LogP contribution is 2.41. The monoisotopic (exact) mass is 350 g/mol. The van der Waals surface area contributed by atoms with Crippen molar-refractivity contribution in [1.29, 1.82) is 0 Å². The van der Waals surface area contributed by atoms with Crippen LogP contribution in [0.25, 0.3) is 0 Å². The second-order valence-corrected chi connectivity index (χ2v) is 7.26. The number of para-hydroxylation sites is 1. The number of rotatable bonds is 5. The van der Waals surface area contributed by atoms with Crippen LogP contribution < -0.4 is 4.90 Å². The predicted octanol–water partition coefficient (Wildman–Crippen LogP) is 3.60. The number of likely N-dealkylation sites (tertiary alicyclic amines) is 1. The average Bonchev–Trinajstić information content (AvgIpc) is 3.23. The summed E-state index contributed by atoms with van der Waals surface area (Å²) in [5.41, 5.74) is 3.69. The molecule has 2 aliphatic rings. The molecule has 2 aromatic rings. The van der Waals surface area contributed by atoms with Gasteiger partial charge in [0.1, 0.15) is 11.6 Å². The van der Waals surface area contributed by atoms with Gasteiger partial charge in [0.15, 0.2) is 0 Å². The van der Waals surface area contributed by atoms with Gasteiger partial charge in [-0.2, -0.15) is 0 Å². The van der Waals surface area contributed by atoms with Gasteiger partial charge in [-0.15, -0.1) is 0 Å². The van der Waals surface area contributed by atoms with Crippen molar-refractivity contribution >= 4 is 17.4 Å². The van der Waals surface area contributed by atoms with E-state index < -0.39 is 0 Å². The molecule has 4 rings (SSSR count). The van der Waals surface area contributed by atoms with Crippen molar-refractivity contribution in [3.8, 4) is 0 Å². The van der Waals surface area contributed by atoms with E-state index in [2.05, 4.69) is 47.1 Å². The minimum absolute atomic E-state index is 0.312. The molecule has 0 radical (unpaired) electrons. The summed E-state index contributed by atoms with van der Waals surface area (Å²) < 4.78 is 0. The third-order valence-electron chi connectivity index (χ3n) is 5.51. The lowest BCUT2D eigenvalue weighted by Crippen LogP contribution is -2.27. The Kier molecular flexibility index (Phi) is 4.62. The smallest absolute Gasteiger partial charge is 0.222 e. The highest BCUT2D eigenvalue weighted by atomic mass is 16.2. The Morgan fingerprint density at radius 3 is 2.85 bits per heavy atom. The Balaban J connectivity index is 1.58. The number of aromatic nitrogens is 2. The maximum Gasteiger partial charge on any atom is 0.222 e. The Morgan fingerprint density at radius 2 is 2.08 bits per heavy atom. The van der Waals surface area contributed by atoms with Gasteiger partial charge in [0, 0.05) is 49.4 Å². The molecule has 5 heteroatoms. The number of carbonyl (C=O) groups is 1. The number of benzene rings is 1. The number of nitrogens with zero attached hydrogens (tertiary/aromatic N) is 4. The summed E-state index contributed by atoms with van der Waals surface area (Å²) in [5, 5.41) is 0. The second-order valence-electron chi connectivity index (χ2n) is 7.26. The minimum Gasteiger partial charge on any atom is -0.343 e. The van der Waals surface area contributed by atoms with Gasteiger partial charge in [0.2, 0.25) is 5.91 Å². The van der Waals surface area contributed by atoms with E-state index in [-0.39, 0.29) is 0 Å². The molecule has 1 saturated heterocycles. The standard InChI is InChI=1S/C21H26N4O/c1-3-17-13-20(23-15(2)22-17)25-14-16(18-7-4-5-8-19(18)25)10-12-24-11-6-9-21(24)26/h4-5,7-8,13,16H,3,6,9-12,14H2,1-2H3. The van der Waals surface area contributed by atoms with Crippen molar-refractivity contribution in [2.24, 2.45) is 0 Å². The molecule has 0 bridgehead atoms. The normalized spacial score (nSPS) is 19.3. The first-order valence-electron chi connectivity index (χ1n) is 9.64. The van der Waals surface area contributed by atoms with Gasteiger partial charge < -0.3 is 9.80 Å². The second kappa shape index (κ2) is 7.06. The molecule has 26 heavy (non-hydrogen) atoms. The molecule has 1 unspecified atom stereocenters. The zero-order chi connectivity index (χ0) is 18.1. The molecule has 1 amide bonds. The maximum atomic E-state index is 11.9. The minimum atomic E-state index is 0.312. The van der Waals surface area contributed by atoms with Gasteiger partial charge in [0.05, 0.1) is 0 Å². The average molecular weight is 350 g/mol. The van der Waals surface area contributed by atoms with Crippen LogP contribution in [-0.2, 0) is 11.2 Å². The number of aryl methyl sites for hydroxylation is 2. The Bertz CT molecular complexity index is 819. The fraction of sp³-hybridized carbons (Fsp3) is 0.476. The third kappa shape index (κ3) is 3.18. The molecule has 0 N–H and O–H groups in total. The molecule has 1 atom stereocenters. The Hall–Kier alpha value is -2.43. The summed E-state index contributed by atoms with van der Waals surface area (Å²) in [5.74, 6) is 2.55. The van der Waals surface area contributed by atoms with Crippen LogP contribution in [0, 0.1) is 6.92 Å². The van der Waals surface area contributed by atoms with E-state index in [1.807, 2.05) is 11.8 Å². The predicted molar refractivity (Wildman–Crippen MR) is 103 cm³/mol. The summed E-state index contributed by atoms with van der Waals surface area (Å²) in [4.78, 5) is 25.5. The van der Waals surface area contributed by atoms with Gasteiger partial charge in [-0.05, 0) is 37.8 Å². The lowest BCUT2D eigenvalue weighted by Gasteiger charge is -2.21. The van der Waals surface area contributed by atoms with Crippen LogP contribution in [-0.4, -0.2) is 40.4 Å². The quantitative estimate of drug-likeness (QED) is 0.827. The fourth-order valence-corrected chi connectivity index (χ4v) is 4.14. The van der Waals surface area contributed by atoms with Crippen molar-refractivity contribution in [3.63, 3.8) is 0 Å². The van der Waals surface area contributed by atoms with Crippen molar-refractivity contribution in [2.75, 3.05) is 24.5 Å². The summed E-state index contributed by atoms with van der Waals surface area (Å²) in [6, 6.07) is 10.7. The lowest BCUT2D eigenvalue weighted by molar-refractivity contribution is -0.127. The van der Waals surface area contributed by atoms with E-state index in [9.17, 15) is 4.79 Å². The van der Waals surface area contributed by atoms with Gasteiger partial charge in [0.25, 0.3) is 0 Å². The topological polar surface area (TPSA) is 49.3 Å². The molecule has 0 spiro atoms. The summed E-state index contributed by atoms with van der Waals surface area (Å²) >= 11 is 0. The van der Waals surface area contributed by atoms with E-state index in [4.69, 9.17) is 4.98 Å². The van der Waals surface area contributed by atoms with E-state index in [1.54, 1.807) is 0 Å². The Labute approximate surface area is 155 Å². The molecule has 2 aliphatic heterocycles. The van der Waals surface area contributed by atoms with E-state index in [0.717, 1.165) is 56.2 Å². The summed E-state index contributed by atoms with van der Waals surface area (Å²) in [6.45, 7) is 6.78. The molecule has 136 valence electrons. The molecule has 0 saturated carbocycles. The first-order valence-corrected chi connectivity index (χ1v) is 9.64. The third-order valence-corrected chi connectivity index (χ3v) is 5.51. The number of anilines is 2. The number of amides is 1. The summed E-state index contributed by atoms with van der Waals surface area (Å²) in [7, 11) is 0. The molecule has 3 heterocycles. The zero-order valence-corrected chi connectivity index (χ0v) is 15.6. The lowest BCUT2D eigenvalue weighted by atomic mass is 9.98. The van der Waals surface area contributed by atoms with Gasteiger partial charge in [-0.3, -0.25) is 4.79 Å². The molecule has 1 aromatic carbocycles. The van der Waals surface area contributed by atoms with Crippen molar-refractivity contribution < 1.29 is 4.79 Å².